The highest BCUT2D eigenvalue weighted by Gasteiger charge is 2.21. The molecule has 1 saturated heterocycles. The van der Waals surface area contributed by atoms with Gasteiger partial charge in [0.05, 0.1) is 5.69 Å². The topological polar surface area (TPSA) is 61.4 Å². The average Bonchev–Trinajstić information content (AvgIpc) is 2.67. The van der Waals surface area contributed by atoms with Crippen LogP contribution in [0.2, 0.25) is 0 Å². The summed E-state index contributed by atoms with van der Waals surface area (Å²) in [6, 6.07) is 12.1. The summed E-state index contributed by atoms with van der Waals surface area (Å²) >= 11 is 0. The van der Waals surface area contributed by atoms with Crippen molar-refractivity contribution in [2.75, 3.05) is 37.6 Å². The molecule has 2 aromatic rings. The van der Waals surface area contributed by atoms with Gasteiger partial charge in [-0.3, -0.25) is 0 Å². The van der Waals surface area contributed by atoms with Crippen molar-refractivity contribution in [3.8, 4) is 11.3 Å². The number of aromatic nitrogens is 2. The minimum absolute atomic E-state index is 0.0316. The summed E-state index contributed by atoms with van der Waals surface area (Å²) in [6.07, 6.45) is 2.56. The van der Waals surface area contributed by atoms with E-state index in [0.29, 0.717) is 13.1 Å². The van der Waals surface area contributed by atoms with Crippen molar-refractivity contribution in [1.82, 2.24) is 20.2 Å². The molecule has 0 bridgehead atoms. The van der Waals surface area contributed by atoms with E-state index in [1.807, 2.05) is 41.3 Å². The van der Waals surface area contributed by atoms with Gasteiger partial charge in [-0.05, 0) is 6.42 Å². The molecule has 24 heavy (non-hydrogen) atoms. The van der Waals surface area contributed by atoms with Crippen LogP contribution in [0.4, 0.5) is 10.6 Å². The predicted octanol–water partition coefficient (Wildman–Crippen LogP) is 2.39. The van der Waals surface area contributed by atoms with Gasteiger partial charge in [0.25, 0.3) is 0 Å². The van der Waals surface area contributed by atoms with E-state index >= 15 is 0 Å². The Kier molecular flexibility index (Phi) is 5.25. The number of urea groups is 1. The molecule has 0 saturated carbocycles. The van der Waals surface area contributed by atoms with Crippen LogP contribution < -0.4 is 10.2 Å². The second-order valence-corrected chi connectivity index (χ2v) is 5.83. The number of benzene rings is 1. The molecule has 126 valence electrons. The Labute approximate surface area is 142 Å². The maximum absolute atomic E-state index is 12.0. The number of piperazine rings is 1. The summed E-state index contributed by atoms with van der Waals surface area (Å²) < 4.78 is 0. The molecule has 6 heteroatoms. The zero-order valence-electron chi connectivity index (χ0n) is 14.0. The lowest BCUT2D eigenvalue weighted by Gasteiger charge is -2.35. The van der Waals surface area contributed by atoms with Crippen molar-refractivity contribution in [2.45, 2.75) is 13.3 Å². The summed E-state index contributed by atoms with van der Waals surface area (Å²) in [5.41, 5.74) is 2.00. The normalized spacial score (nSPS) is 14.5. The number of anilines is 1. The monoisotopic (exact) mass is 325 g/mol. The molecule has 0 unspecified atom stereocenters. The summed E-state index contributed by atoms with van der Waals surface area (Å²) in [5, 5.41) is 2.93. The molecule has 6 nitrogen and oxygen atoms in total. The number of carbonyl (C=O) groups excluding carboxylic acids is 1. The molecule has 0 atom stereocenters. The van der Waals surface area contributed by atoms with Gasteiger partial charge in [-0.1, -0.05) is 37.3 Å². The third-order valence-corrected chi connectivity index (χ3v) is 4.14. The summed E-state index contributed by atoms with van der Waals surface area (Å²) in [7, 11) is 0. The molecule has 2 heterocycles. The van der Waals surface area contributed by atoms with E-state index in [4.69, 9.17) is 0 Å². The number of nitrogens with zero attached hydrogens (tertiary/aromatic N) is 4. The Hall–Kier alpha value is -2.63. The van der Waals surface area contributed by atoms with Crippen LogP contribution in [0, 0.1) is 0 Å². The summed E-state index contributed by atoms with van der Waals surface area (Å²) in [4.78, 5) is 24.9. The van der Waals surface area contributed by atoms with Gasteiger partial charge in [0.2, 0.25) is 0 Å². The highest BCUT2D eigenvalue weighted by atomic mass is 16.2. The van der Waals surface area contributed by atoms with Crippen LogP contribution in [0.1, 0.15) is 13.3 Å². The fourth-order valence-corrected chi connectivity index (χ4v) is 2.77. The van der Waals surface area contributed by atoms with Crippen LogP contribution in [0.25, 0.3) is 11.3 Å². The van der Waals surface area contributed by atoms with Gasteiger partial charge in [0, 0.05) is 44.4 Å². The number of nitrogens with one attached hydrogen (secondary N) is 1. The van der Waals surface area contributed by atoms with Crippen LogP contribution in [0.3, 0.4) is 0 Å². The fraction of sp³-hybridized carbons (Fsp3) is 0.389. The minimum Gasteiger partial charge on any atom is -0.353 e. The first-order valence-corrected chi connectivity index (χ1v) is 8.43. The Balaban J connectivity index is 1.64. The first-order chi connectivity index (χ1) is 11.8. The van der Waals surface area contributed by atoms with E-state index in [9.17, 15) is 4.79 Å². The van der Waals surface area contributed by atoms with Crippen LogP contribution in [0.5, 0.6) is 0 Å². The number of hydrogen-bond donors (Lipinski definition) is 1. The van der Waals surface area contributed by atoms with Gasteiger partial charge in [-0.2, -0.15) is 0 Å². The quantitative estimate of drug-likeness (QED) is 0.937. The Morgan fingerprint density at radius 1 is 1.12 bits per heavy atom. The van der Waals surface area contributed by atoms with Crippen LogP contribution >= 0.6 is 0 Å². The van der Waals surface area contributed by atoms with E-state index in [0.717, 1.165) is 43.1 Å². The van der Waals surface area contributed by atoms with Crippen LogP contribution in [-0.4, -0.2) is 53.6 Å². The van der Waals surface area contributed by atoms with E-state index in [1.54, 1.807) is 6.33 Å². The van der Waals surface area contributed by atoms with Gasteiger partial charge < -0.3 is 15.1 Å². The molecule has 1 aliphatic heterocycles. The molecular formula is C18H23N5O. The largest absolute Gasteiger partial charge is 0.353 e. The van der Waals surface area contributed by atoms with Crippen molar-refractivity contribution >= 4 is 11.8 Å². The van der Waals surface area contributed by atoms with Gasteiger partial charge in [0.1, 0.15) is 12.1 Å². The fourth-order valence-electron chi connectivity index (χ4n) is 2.77. The predicted molar refractivity (Wildman–Crippen MR) is 94.9 cm³/mol. The standard InChI is InChI=1S/C18H23N5O/c1-2-8-19-18(24)23-11-9-22(10-12-23)17-13-16(20-14-21-17)15-6-4-3-5-7-15/h3-7,13-14H,2,8-12H2,1H3,(H,19,24). The molecule has 3 rings (SSSR count). The third-order valence-electron chi connectivity index (χ3n) is 4.14. The molecule has 0 aliphatic carbocycles. The van der Waals surface area contributed by atoms with Gasteiger partial charge in [0.15, 0.2) is 0 Å². The highest BCUT2D eigenvalue weighted by molar-refractivity contribution is 5.74. The molecule has 2 amide bonds. The number of hydrogen-bond acceptors (Lipinski definition) is 4. The average molecular weight is 325 g/mol. The second kappa shape index (κ2) is 7.77. The van der Waals surface area contributed by atoms with Crippen molar-refractivity contribution < 1.29 is 4.79 Å². The molecule has 1 aromatic heterocycles. The van der Waals surface area contributed by atoms with Gasteiger partial charge in [-0.25, -0.2) is 14.8 Å². The van der Waals surface area contributed by atoms with Gasteiger partial charge >= 0.3 is 6.03 Å². The molecule has 1 aromatic carbocycles. The number of amides is 2. The van der Waals surface area contributed by atoms with Crippen molar-refractivity contribution in [2.24, 2.45) is 0 Å². The second-order valence-electron chi connectivity index (χ2n) is 5.83. The van der Waals surface area contributed by atoms with E-state index in [1.165, 1.54) is 0 Å². The smallest absolute Gasteiger partial charge is 0.317 e. The molecule has 1 fully saturated rings. The number of carbonyl (C=O) groups is 1. The maximum Gasteiger partial charge on any atom is 0.317 e. The molecule has 0 radical (unpaired) electrons. The van der Waals surface area contributed by atoms with E-state index in [-0.39, 0.29) is 6.03 Å². The number of rotatable bonds is 4. The SMILES string of the molecule is CCCNC(=O)N1CCN(c2cc(-c3ccccc3)ncn2)CC1. The van der Waals surface area contributed by atoms with Crippen molar-refractivity contribution in [1.29, 1.82) is 0 Å². The van der Waals surface area contributed by atoms with E-state index in [2.05, 4.69) is 27.1 Å². The van der Waals surface area contributed by atoms with Crippen LogP contribution in [-0.2, 0) is 0 Å². The van der Waals surface area contributed by atoms with Crippen molar-refractivity contribution in [3.05, 3.63) is 42.7 Å². The zero-order valence-corrected chi connectivity index (χ0v) is 14.0. The minimum atomic E-state index is 0.0316. The molecule has 1 N–H and O–H groups in total. The first kappa shape index (κ1) is 16.2. The van der Waals surface area contributed by atoms with Crippen molar-refractivity contribution in [3.63, 3.8) is 0 Å². The Morgan fingerprint density at radius 3 is 2.58 bits per heavy atom. The molecule has 0 spiro atoms. The zero-order chi connectivity index (χ0) is 16.8. The summed E-state index contributed by atoms with van der Waals surface area (Å²) in [6.45, 7) is 5.76. The lowest BCUT2D eigenvalue weighted by Crippen LogP contribution is -2.52. The van der Waals surface area contributed by atoms with E-state index < -0.39 is 0 Å². The lowest BCUT2D eigenvalue weighted by molar-refractivity contribution is 0.194. The Bertz CT molecular complexity index is 668. The Morgan fingerprint density at radius 2 is 1.88 bits per heavy atom. The summed E-state index contributed by atoms with van der Waals surface area (Å²) in [5.74, 6) is 0.914. The molecule has 1 aliphatic rings. The first-order valence-electron chi connectivity index (χ1n) is 8.43. The van der Waals surface area contributed by atoms with Gasteiger partial charge in [-0.15, -0.1) is 0 Å². The third kappa shape index (κ3) is 3.82. The maximum atomic E-state index is 12.0. The lowest BCUT2D eigenvalue weighted by atomic mass is 10.1. The van der Waals surface area contributed by atoms with Crippen LogP contribution in [0.15, 0.2) is 42.7 Å². The highest BCUT2D eigenvalue weighted by Crippen LogP contribution is 2.21. The molecular weight excluding hydrogens is 302 g/mol.